The van der Waals surface area contributed by atoms with Crippen LogP contribution in [0.2, 0.25) is 0 Å². The molecule has 90 valence electrons. The summed E-state index contributed by atoms with van der Waals surface area (Å²) in [5.74, 6) is 0.0555. The Bertz CT molecular complexity index is 491. The monoisotopic (exact) mass is 251 g/mol. The fraction of sp³-hybridized carbons (Fsp3) is 0.400. The smallest absolute Gasteiger partial charge is 0.265 e. The zero-order chi connectivity index (χ0) is 12.3. The first-order valence-electron chi connectivity index (χ1n) is 5.26. The van der Waals surface area contributed by atoms with Crippen LogP contribution in [-0.2, 0) is 6.54 Å². The number of hydrogen-bond donors (Lipinski definition) is 2. The third kappa shape index (κ3) is 2.68. The van der Waals surface area contributed by atoms with Gasteiger partial charge in [0.15, 0.2) is 0 Å². The van der Waals surface area contributed by atoms with E-state index in [2.05, 4.69) is 24.9 Å². The van der Waals surface area contributed by atoms with E-state index in [9.17, 15) is 4.79 Å². The zero-order valence-electron chi connectivity index (χ0n) is 9.60. The van der Waals surface area contributed by atoms with Gasteiger partial charge < -0.3 is 10.3 Å². The third-order valence-corrected chi connectivity index (χ3v) is 3.00. The first-order chi connectivity index (χ1) is 8.18. The molecule has 0 saturated heterocycles. The number of amides is 1. The Balaban J connectivity index is 2.02. The molecule has 0 aliphatic rings. The van der Waals surface area contributed by atoms with Crippen molar-refractivity contribution in [3.63, 3.8) is 0 Å². The van der Waals surface area contributed by atoms with Crippen molar-refractivity contribution in [3.8, 4) is 0 Å². The molecule has 2 aromatic rings. The predicted molar refractivity (Wildman–Crippen MR) is 63.8 cm³/mol. The zero-order valence-corrected chi connectivity index (χ0v) is 10.4. The van der Waals surface area contributed by atoms with Gasteiger partial charge in [0.1, 0.15) is 4.88 Å². The molecule has 6 nitrogen and oxygen atoms in total. The molecule has 0 bridgehead atoms. The van der Waals surface area contributed by atoms with Crippen LogP contribution in [0.3, 0.4) is 0 Å². The molecule has 0 aliphatic carbocycles. The SMILES string of the molecule is CC(C)c1nnsc1C(=O)NCc1cnc[nH]1. The molecule has 1 amide bonds. The maximum atomic E-state index is 11.9. The highest BCUT2D eigenvalue weighted by Crippen LogP contribution is 2.19. The molecule has 0 aliphatic heterocycles. The van der Waals surface area contributed by atoms with Gasteiger partial charge in [-0.15, -0.1) is 5.10 Å². The summed E-state index contributed by atoms with van der Waals surface area (Å²) in [6.45, 7) is 4.40. The highest BCUT2D eigenvalue weighted by atomic mass is 32.1. The second-order valence-corrected chi connectivity index (χ2v) is 4.66. The summed E-state index contributed by atoms with van der Waals surface area (Å²) >= 11 is 1.12. The first-order valence-corrected chi connectivity index (χ1v) is 6.03. The molecule has 0 fully saturated rings. The largest absolute Gasteiger partial charge is 0.347 e. The lowest BCUT2D eigenvalue weighted by atomic mass is 10.1. The molecular formula is C10H13N5OS. The summed E-state index contributed by atoms with van der Waals surface area (Å²) in [5, 5.41) is 6.77. The molecule has 0 spiro atoms. The summed E-state index contributed by atoms with van der Waals surface area (Å²) < 4.78 is 3.82. The van der Waals surface area contributed by atoms with Gasteiger partial charge in [-0.05, 0) is 17.5 Å². The van der Waals surface area contributed by atoms with Crippen molar-refractivity contribution >= 4 is 17.4 Å². The topological polar surface area (TPSA) is 83.6 Å². The highest BCUT2D eigenvalue weighted by molar-refractivity contribution is 7.08. The highest BCUT2D eigenvalue weighted by Gasteiger charge is 2.18. The lowest BCUT2D eigenvalue weighted by Crippen LogP contribution is -2.23. The third-order valence-electron chi connectivity index (χ3n) is 2.26. The summed E-state index contributed by atoms with van der Waals surface area (Å²) in [4.78, 5) is 19.3. The van der Waals surface area contributed by atoms with E-state index in [0.29, 0.717) is 11.4 Å². The fourth-order valence-electron chi connectivity index (χ4n) is 1.37. The van der Waals surface area contributed by atoms with E-state index in [1.54, 1.807) is 12.5 Å². The van der Waals surface area contributed by atoms with Gasteiger partial charge in [-0.1, -0.05) is 18.3 Å². The summed E-state index contributed by atoms with van der Waals surface area (Å²) in [7, 11) is 0. The Morgan fingerprint density at radius 2 is 2.41 bits per heavy atom. The maximum Gasteiger partial charge on any atom is 0.265 e. The molecule has 17 heavy (non-hydrogen) atoms. The number of nitrogens with zero attached hydrogens (tertiary/aromatic N) is 3. The minimum absolute atomic E-state index is 0.140. The van der Waals surface area contributed by atoms with Gasteiger partial charge >= 0.3 is 0 Å². The van der Waals surface area contributed by atoms with Crippen molar-refractivity contribution in [1.29, 1.82) is 0 Å². The molecule has 0 saturated carbocycles. The van der Waals surface area contributed by atoms with Gasteiger partial charge in [-0.25, -0.2) is 4.98 Å². The van der Waals surface area contributed by atoms with E-state index >= 15 is 0 Å². The molecule has 2 aromatic heterocycles. The van der Waals surface area contributed by atoms with Crippen molar-refractivity contribution in [2.75, 3.05) is 0 Å². The van der Waals surface area contributed by atoms with E-state index < -0.39 is 0 Å². The Labute approximate surface area is 103 Å². The quantitative estimate of drug-likeness (QED) is 0.858. The molecule has 7 heteroatoms. The number of H-pyrrole nitrogens is 1. The van der Waals surface area contributed by atoms with E-state index in [0.717, 1.165) is 22.9 Å². The number of imidazole rings is 1. The fourth-order valence-corrected chi connectivity index (χ4v) is 2.11. The van der Waals surface area contributed by atoms with Gasteiger partial charge in [0.2, 0.25) is 0 Å². The van der Waals surface area contributed by atoms with Crippen LogP contribution < -0.4 is 5.32 Å². The summed E-state index contributed by atoms with van der Waals surface area (Å²) in [6.07, 6.45) is 3.25. The normalized spacial score (nSPS) is 10.8. The Kier molecular flexibility index (Phi) is 3.48. The second-order valence-electron chi connectivity index (χ2n) is 3.90. The van der Waals surface area contributed by atoms with Crippen LogP contribution in [0.4, 0.5) is 0 Å². The molecule has 0 radical (unpaired) electrons. The summed E-state index contributed by atoms with van der Waals surface area (Å²) in [5.41, 5.74) is 1.61. The van der Waals surface area contributed by atoms with Crippen molar-refractivity contribution in [1.82, 2.24) is 24.9 Å². The minimum atomic E-state index is -0.140. The number of aromatic amines is 1. The lowest BCUT2D eigenvalue weighted by Gasteiger charge is -2.04. The van der Waals surface area contributed by atoms with Crippen molar-refractivity contribution < 1.29 is 4.79 Å². The van der Waals surface area contributed by atoms with Crippen LogP contribution >= 0.6 is 11.5 Å². The van der Waals surface area contributed by atoms with Crippen LogP contribution in [0.25, 0.3) is 0 Å². The molecule has 2 N–H and O–H groups in total. The van der Waals surface area contributed by atoms with Gasteiger partial charge in [-0.2, -0.15) is 0 Å². The average Bonchev–Trinajstić information content (AvgIpc) is 2.96. The number of hydrogen-bond acceptors (Lipinski definition) is 5. The van der Waals surface area contributed by atoms with Gasteiger partial charge in [0, 0.05) is 6.20 Å². The van der Waals surface area contributed by atoms with Crippen molar-refractivity contribution in [2.45, 2.75) is 26.3 Å². The molecule has 0 aromatic carbocycles. The van der Waals surface area contributed by atoms with Crippen molar-refractivity contribution in [2.24, 2.45) is 0 Å². The number of carbonyl (C=O) groups excluding carboxylic acids is 1. The average molecular weight is 251 g/mol. The van der Waals surface area contributed by atoms with Gasteiger partial charge in [0.05, 0.1) is 24.3 Å². The van der Waals surface area contributed by atoms with Crippen LogP contribution in [0.15, 0.2) is 12.5 Å². The second kappa shape index (κ2) is 5.05. The molecule has 2 heterocycles. The standard InChI is InChI=1S/C10H13N5OS/c1-6(2)8-9(17-15-14-8)10(16)12-4-7-3-11-5-13-7/h3,5-6H,4H2,1-2H3,(H,11,13)(H,12,16). The van der Waals surface area contributed by atoms with Crippen LogP contribution in [0, 0.1) is 0 Å². The van der Waals surface area contributed by atoms with E-state index in [1.165, 1.54) is 0 Å². The Morgan fingerprint density at radius 3 is 3.06 bits per heavy atom. The molecular weight excluding hydrogens is 238 g/mol. The molecule has 2 rings (SSSR count). The summed E-state index contributed by atoms with van der Waals surface area (Å²) in [6, 6.07) is 0. The van der Waals surface area contributed by atoms with Gasteiger partial charge in [-0.3, -0.25) is 4.79 Å². The number of aromatic nitrogens is 4. The molecule has 0 unspecified atom stereocenters. The van der Waals surface area contributed by atoms with Gasteiger partial charge in [0.25, 0.3) is 5.91 Å². The molecule has 0 atom stereocenters. The maximum absolute atomic E-state index is 11.9. The predicted octanol–water partition coefficient (Wildman–Crippen LogP) is 1.31. The van der Waals surface area contributed by atoms with Crippen LogP contribution in [0.1, 0.15) is 40.8 Å². The number of carbonyl (C=O) groups is 1. The minimum Gasteiger partial charge on any atom is -0.347 e. The van der Waals surface area contributed by atoms with E-state index in [4.69, 9.17) is 0 Å². The van der Waals surface area contributed by atoms with E-state index in [1.807, 2.05) is 13.8 Å². The Morgan fingerprint density at radius 1 is 1.59 bits per heavy atom. The van der Waals surface area contributed by atoms with Crippen LogP contribution in [-0.4, -0.2) is 25.5 Å². The Hall–Kier alpha value is -1.76. The van der Waals surface area contributed by atoms with Crippen LogP contribution in [0.5, 0.6) is 0 Å². The number of nitrogens with one attached hydrogen (secondary N) is 2. The first kappa shape index (κ1) is 11.7. The lowest BCUT2D eigenvalue weighted by molar-refractivity contribution is 0.0953. The number of rotatable bonds is 4. The van der Waals surface area contributed by atoms with Crippen molar-refractivity contribution in [3.05, 3.63) is 28.8 Å². The van der Waals surface area contributed by atoms with E-state index in [-0.39, 0.29) is 11.8 Å².